The second-order valence-electron chi connectivity index (χ2n) is 4.05. The molecule has 1 atom stereocenters. The minimum Gasteiger partial charge on any atom is -0.378 e. The molecule has 1 amide bonds. The van der Waals surface area contributed by atoms with Crippen molar-refractivity contribution in [2.45, 2.75) is 12.3 Å². The lowest BCUT2D eigenvalue weighted by atomic mass is 9.77. The Bertz CT molecular complexity index is 395. The summed E-state index contributed by atoms with van der Waals surface area (Å²) in [7, 11) is 0. The van der Waals surface area contributed by atoms with Crippen LogP contribution in [0.25, 0.3) is 0 Å². The second kappa shape index (κ2) is 6.03. The van der Waals surface area contributed by atoms with Crippen LogP contribution in [0.15, 0.2) is 24.3 Å². The monoisotopic (exact) mass is 253 g/mol. The Balaban J connectivity index is 1.72. The van der Waals surface area contributed by atoms with E-state index in [1.807, 2.05) is 18.2 Å². The molecule has 0 spiro atoms. The van der Waals surface area contributed by atoms with Gasteiger partial charge in [0.2, 0.25) is 5.91 Å². The van der Waals surface area contributed by atoms with Crippen molar-refractivity contribution < 1.29 is 9.53 Å². The smallest absolute Gasteiger partial charge is 0.227 e. The lowest BCUT2D eigenvalue weighted by Crippen LogP contribution is -2.37. The van der Waals surface area contributed by atoms with Gasteiger partial charge in [-0.15, -0.1) is 11.6 Å². The molecular formula is C13H16ClNO2. The first-order valence-corrected chi connectivity index (χ1v) is 6.35. The largest absolute Gasteiger partial charge is 0.378 e. The van der Waals surface area contributed by atoms with Gasteiger partial charge in [-0.2, -0.15) is 0 Å². The van der Waals surface area contributed by atoms with Gasteiger partial charge in [-0.1, -0.05) is 24.3 Å². The Morgan fingerprint density at radius 1 is 1.41 bits per heavy atom. The quantitative estimate of drug-likeness (QED) is 0.619. The third-order valence-electron chi connectivity index (χ3n) is 2.94. The van der Waals surface area contributed by atoms with Crippen LogP contribution in [0.3, 0.4) is 0 Å². The molecule has 0 heterocycles. The molecule has 0 aromatic heterocycles. The highest BCUT2D eigenvalue weighted by atomic mass is 35.5. The highest BCUT2D eigenvalue weighted by molar-refractivity contribution is 6.17. The molecule has 1 aromatic rings. The molecule has 92 valence electrons. The summed E-state index contributed by atoms with van der Waals surface area (Å²) >= 11 is 5.47. The number of nitrogens with one attached hydrogen (secondary N) is 1. The zero-order chi connectivity index (χ0) is 12.1. The van der Waals surface area contributed by atoms with Crippen molar-refractivity contribution in [3.63, 3.8) is 0 Å². The minimum atomic E-state index is 0.0271. The number of alkyl halides is 1. The van der Waals surface area contributed by atoms with Gasteiger partial charge in [-0.05, 0) is 17.5 Å². The van der Waals surface area contributed by atoms with E-state index in [9.17, 15) is 4.79 Å². The predicted octanol–water partition coefficient (Wildman–Crippen LogP) is 1.70. The van der Waals surface area contributed by atoms with Crippen LogP contribution in [-0.2, 0) is 16.0 Å². The molecule has 4 heteroatoms. The van der Waals surface area contributed by atoms with Crippen LogP contribution in [0, 0.1) is 0 Å². The molecule has 17 heavy (non-hydrogen) atoms. The number of hydrogen-bond donors (Lipinski definition) is 1. The molecule has 1 aromatic carbocycles. The van der Waals surface area contributed by atoms with Gasteiger partial charge in [0.1, 0.15) is 0 Å². The van der Waals surface area contributed by atoms with E-state index in [4.69, 9.17) is 16.3 Å². The molecule has 1 aliphatic carbocycles. The van der Waals surface area contributed by atoms with Crippen molar-refractivity contribution in [2.75, 3.05) is 25.6 Å². The fourth-order valence-electron chi connectivity index (χ4n) is 2.02. The molecule has 2 rings (SSSR count). The maximum Gasteiger partial charge on any atom is 0.227 e. The molecular weight excluding hydrogens is 238 g/mol. The van der Waals surface area contributed by atoms with Crippen LogP contribution < -0.4 is 5.32 Å². The van der Waals surface area contributed by atoms with E-state index in [1.54, 1.807) is 0 Å². The van der Waals surface area contributed by atoms with Crippen LogP contribution >= 0.6 is 11.6 Å². The molecule has 1 unspecified atom stereocenters. The third-order valence-corrected chi connectivity index (χ3v) is 3.09. The van der Waals surface area contributed by atoms with Crippen molar-refractivity contribution in [1.82, 2.24) is 5.32 Å². The highest BCUT2D eigenvalue weighted by Crippen LogP contribution is 2.34. The zero-order valence-corrected chi connectivity index (χ0v) is 10.4. The summed E-state index contributed by atoms with van der Waals surface area (Å²) in [6, 6.07) is 8.07. The number of hydrogen-bond acceptors (Lipinski definition) is 2. The lowest BCUT2D eigenvalue weighted by molar-refractivity contribution is -0.123. The average molecular weight is 254 g/mol. The highest BCUT2D eigenvalue weighted by Gasteiger charge is 2.31. The van der Waals surface area contributed by atoms with Gasteiger partial charge in [0.05, 0.1) is 19.1 Å². The summed E-state index contributed by atoms with van der Waals surface area (Å²) in [5.41, 5.74) is 2.44. The van der Waals surface area contributed by atoms with Crippen LogP contribution in [0.5, 0.6) is 0 Å². The maximum absolute atomic E-state index is 11.8. The topological polar surface area (TPSA) is 38.3 Å². The zero-order valence-electron chi connectivity index (χ0n) is 9.62. The van der Waals surface area contributed by atoms with Gasteiger partial charge in [0.25, 0.3) is 0 Å². The molecule has 0 radical (unpaired) electrons. The summed E-state index contributed by atoms with van der Waals surface area (Å²) < 4.78 is 5.19. The van der Waals surface area contributed by atoms with E-state index < -0.39 is 0 Å². The van der Waals surface area contributed by atoms with E-state index in [2.05, 4.69) is 11.4 Å². The molecule has 0 saturated carbocycles. The van der Waals surface area contributed by atoms with Crippen LogP contribution in [0.4, 0.5) is 0 Å². The molecule has 0 saturated heterocycles. The van der Waals surface area contributed by atoms with E-state index in [1.165, 1.54) is 5.56 Å². The molecule has 1 N–H and O–H groups in total. The summed E-state index contributed by atoms with van der Waals surface area (Å²) in [5.74, 6) is 0.613. The lowest BCUT2D eigenvalue weighted by Gasteiger charge is -2.28. The molecule has 3 nitrogen and oxygen atoms in total. The summed E-state index contributed by atoms with van der Waals surface area (Å²) in [5, 5.41) is 2.88. The van der Waals surface area contributed by atoms with Crippen LogP contribution in [0.1, 0.15) is 17.0 Å². The Labute approximate surface area is 106 Å². The maximum atomic E-state index is 11.8. The van der Waals surface area contributed by atoms with Crippen LogP contribution in [0.2, 0.25) is 0 Å². The minimum absolute atomic E-state index is 0.0271. The van der Waals surface area contributed by atoms with Gasteiger partial charge in [0.15, 0.2) is 0 Å². The summed E-state index contributed by atoms with van der Waals surface area (Å²) in [6.45, 7) is 1.60. The predicted molar refractivity (Wildman–Crippen MR) is 67.4 cm³/mol. The van der Waals surface area contributed by atoms with Crippen molar-refractivity contribution >= 4 is 17.5 Å². The second-order valence-corrected chi connectivity index (χ2v) is 4.43. The van der Waals surface area contributed by atoms with Gasteiger partial charge in [0, 0.05) is 12.4 Å². The van der Waals surface area contributed by atoms with Crippen molar-refractivity contribution in [1.29, 1.82) is 0 Å². The van der Waals surface area contributed by atoms with Gasteiger partial charge in [-0.3, -0.25) is 4.79 Å². The number of fused-ring (bicyclic) bond motifs is 1. The van der Waals surface area contributed by atoms with Crippen molar-refractivity contribution in [3.8, 4) is 0 Å². The fourth-order valence-corrected chi connectivity index (χ4v) is 2.13. The number of rotatable bonds is 6. The number of amides is 1. The SMILES string of the molecule is O=C(NCCOCCCl)C1Cc2ccccc21. The average Bonchev–Trinajstić information content (AvgIpc) is 2.30. The third kappa shape index (κ3) is 2.99. The first-order chi connectivity index (χ1) is 8.33. The molecule has 0 aliphatic heterocycles. The van der Waals surface area contributed by atoms with Gasteiger partial charge >= 0.3 is 0 Å². The molecule has 0 bridgehead atoms. The van der Waals surface area contributed by atoms with E-state index in [0.717, 1.165) is 12.0 Å². The van der Waals surface area contributed by atoms with Crippen molar-refractivity contribution in [2.24, 2.45) is 0 Å². The number of carbonyl (C=O) groups excluding carboxylic acids is 1. The molecule has 0 fully saturated rings. The number of carbonyl (C=O) groups is 1. The first-order valence-electron chi connectivity index (χ1n) is 5.82. The Morgan fingerprint density at radius 2 is 2.24 bits per heavy atom. The Hall–Kier alpha value is -1.06. The number of benzene rings is 1. The van der Waals surface area contributed by atoms with E-state index in [-0.39, 0.29) is 11.8 Å². The number of halogens is 1. The number of ether oxygens (including phenoxy) is 1. The summed E-state index contributed by atoms with van der Waals surface area (Å²) in [4.78, 5) is 11.8. The Kier molecular flexibility index (Phi) is 4.40. The standard InChI is InChI=1S/C13H16ClNO2/c14-5-7-17-8-6-15-13(16)12-9-10-3-1-2-4-11(10)12/h1-4,12H,5-9H2,(H,15,16). The van der Waals surface area contributed by atoms with Crippen molar-refractivity contribution in [3.05, 3.63) is 35.4 Å². The van der Waals surface area contributed by atoms with Crippen LogP contribution in [-0.4, -0.2) is 31.5 Å². The van der Waals surface area contributed by atoms with E-state index >= 15 is 0 Å². The Morgan fingerprint density at radius 3 is 3.00 bits per heavy atom. The normalized spacial score (nSPS) is 17.1. The summed E-state index contributed by atoms with van der Waals surface area (Å²) in [6.07, 6.45) is 0.852. The van der Waals surface area contributed by atoms with E-state index in [0.29, 0.717) is 25.6 Å². The first kappa shape index (κ1) is 12.4. The van der Waals surface area contributed by atoms with Gasteiger partial charge < -0.3 is 10.1 Å². The molecule has 1 aliphatic rings. The fraction of sp³-hybridized carbons (Fsp3) is 0.462. The van der Waals surface area contributed by atoms with Gasteiger partial charge in [-0.25, -0.2) is 0 Å².